The average Bonchev–Trinajstić information content (AvgIpc) is 2.40. The van der Waals surface area contributed by atoms with Crippen molar-refractivity contribution in [1.82, 2.24) is 0 Å². The van der Waals surface area contributed by atoms with Crippen molar-refractivity contribution in [2.24, 2.45) is 0 Å². The van der Waals surface area contributed by atoms with Gasteiger partial charge in [-0.15, -0.1) is 0 Å². The van der Waals surface area contributed by atoms with Gasteiger partial charge >= 0.3 is 0 Å². The molecule has 0 amide bonds. The van der Waals surface area contributed by atoms with Gasteiger partial charge in [-0.3, -0.25) is 0 Å². The zero-order valence-corrected chi connectivity index (χ0v) is 9.72. The number of phenols is 1. The molecule has 2 aromatic rings. The van der Waals surface area contributed by atoms with E-state index in [0.29, 0.717) is 5.56 Å². The fourth-order valence-corrected chi connectivity index (χ4v) is 1.91. The highest BCUT2D eigenvalue weighted by molar-refractivity contribution is 6.28. The molecule has 0 aliphatic rings. The molecule has 0 saturated heterocycles. The summed E-state index contributed by atoms with van der Waals surface area (Å²) in [4.78, 5) is -1.21. The number of hydrogen-bond donors (Lipinski definition) is 1. The van der Waals surface area contributed by atoms with Crippen molar-refractivity contribution >= 4 is 11.6 Å². The lowest BCUT2D eigenvalue weighted by molar-refractivity contribution is 0.475. The maximum absolute atomic E-state index is 9.32. The predicted octanol–water partition coefficient (Wildman–Crippen LogP) is 3.40. The second-order valence-electron chi connectivity index (χ2n) is 3.68. The summed E-state index contributed by atoms with van der Waals surface area (Å²) in [5.41, 5.74) is 1.36. The van der Waals surface area contributed by atoms with Crippen LogP contribution in [0.4, 0.5) is 0 Å². The van der Waals surface area contributed by atoms with E-state index in [0.717, 1.165) is 5.56 Å². The summed E-state index contributed by atoms with van der Waals surface area (Å²) in [7, 11) is 0. The number of halogens is 1. The number of phenolic OH excluding ortho intramolecular Hbond substituents is 1. The molecule has 17 heavy (non-hydrogen) atoms. The van der Waals surface area contributed by atoms with Crippen LogP contribution in [0.5, 0.6) is 5.75 Å². The van der Waals surface area contributed by atoms with Crippen molar-refractivity contribution < 1.29 is 5.11 Å². The molecular formula is C14H10ClNO. The molecule has 0 saturated carbocycles. The molecule has 1 unspecified atom stereocenters. The number of nitriles is 1. The predicted molar refractivity (Wildman–Crippen MR) is 66.8 cm³/mol. The molecule has 0 aromatic heterocycles. The zero-order valence-electron chi connectivity index (χ0n) is 8.97. The van der Waals surface area contributed by atoms with Crippen LogP contribution < -0.4 is 0 Å². The maximum atomic E-state index is 9.32. The van der Waals surface area contributed by atoms with Crippen LogP contribution in [-0.2, 0) is 4.87 Å². The Labute approximate surface area is 105 Å². The van der Waals surface area contributed by atoms with Crippen LogP contribution in [0.15, 0.2) is 54.6 Å². The van der Waals surface area contributed by atoms with Crippen LogP contribution in [0.2, 0.25) is 0 Å². The van der Waals surface area contributed by atoms with Crippen LogP contribution in [0, 0.1) is 11.3 Å². The summed E-state index contributed by atoms with van der Waals surface area (Å²) in [6.45, 7) is 0. The van der Waals surface area contributed by atoms with Gasteiger partial charge in [-0.1, -0.05) is 54.1 Å². The molecule has 0 fully saturated rings. The van der Waals surface area contributed by atoms with Crippen molar-refractivity contribution in [2.75, 3.05) is 0 Å². The van der Waals surface area contributed by atoms with Crippen LogP contribution in [0.1, 0.15) is 11.1 Å². The highest BCUT2D eigenvalue weighted by Crippen LogP contribution is 2.36. The fraction of sp³-hybridized carbons (Fsp3) is 0.0714. The minimum atomic E-state index is -1.21. The largest absolute Gasteiger partial charge is 0.508 e. The van der Waals surface area contributed by atoms with Gasteiger partial charge in [0.15, 0.2) is 4.87 Å². The Morgan fingerprint density at radius 3 is 2.00 bits per heavy atom. The SMILES string of the molecule is N#CC(Cl)(c1ccccc1)c1ccc(O)cc1. The Kier molecular flexibility index (Phi) is 3.03. The van der Waals surface area contributed by atoms with Crippen molar-refractivity contribution in [1.29, 1.82) is 5.26 Å². The van der Waals surface area contributed by atoms with Gasteiger partial charge in [0.1, 0.15) is 5.75 Å². The van der Waals surface area contributed by atoms with E-state index in [1.165, 1.54) is 12.1 Å². The fourth-order valence-electron chi connectivity index (χ4n) is 1.65. The first-order chi connectivity index (χ1) is 8.16. The van der Waals surface area contributed by atoms with Crippen LogP contribution in [0.25, 0.3) is 0 Å². The second-order valence-corrected chi connectivity index (χ2v) is 4.25. The van der Waals surface area contributed by atoms with Crippen LogP contribution in [-0.4, -0.2) is 5.11 Å². The van der Waals surface area contributed by atoms with Gasteiger partial charge in [-0.2, -0.15) is 5.26 Å². The summed E-state index contributed by atoms with van der Waals surface area (Å²) in [6.07, 6.45) is 0. The Hall–Kier alpha value is -1.98. The van der Waals surface area contributed by atoms with Gasteiger partial charge in [0, 0.05) is 0 Å². The van der Waals surface area contributed by atoms with E-state index in [4.69, 9.17) is 11.6 Å². The quantitative estimate of drug-likeness (QED) is 0.822. The number of rotatable bonds is 2. The van der Waals surface area contributed by atoms with Gasteiger partial charge in [-0.05, 0) is 23.3 Å². The number of benzene rings is 2. The Balaban J connectivity index is 2.53. The molecule has 0 aliphatic heterocycles. The number of alkyl halides is 1. The normalized spacial score (nSPS) is 13.6. The molecule has 2 nitrogen and oxygen atoms in total. The summed E-state index contributed by atoms with van der Waals surface area (Å²) < 4.78 is 0. The first-order valence-corrected chi connectivity index (χ1v) is 5.50. The van der Waals surface area contributed by atoms with Gasteiger partial charge in [-0.25, -0.2) is 0 Å². The highest BCUT2D eigenvalue weighted by atomic mass is 35.5. The second kappa shape index (κ2) is 4.48. The summed E-state index contributed by atoms with van der Waals surface area (Å²) in [5.74, 6) is 0.152. The van der Waals surface area contributed by atoms with E-state index in [-0.39, 0.29) is 5.75 Å². The van der Waals surface area contributed by atoms with E-state index in [1.807, 2.05) is 30.3 Å². The third kappa shape index (κ3) is 2.11. The van der Waals surface area contributed by atoms with Gasteiger partial charge in [0.05, 0.1) is 6.07 Å². The monoisotopic (exact) mass is 243 g/mol. The minimum absolute atomic E-state index is 0.152. The van der Waals surface area contributed by atoms with Gasteiger partial charge in [0.25, 0.3) is 0 Å². The number of aromatic hydroxyl groups is 1. The molecule has 1 N–H and O–H groups in total. The van der Waals surface area contributed by atoms with Crippen molar-refractivity contribution in [3.05, 3.63) is 65.7 Å². The maximum Gasteiger partial charge on any atom is 0.180 e. The van der Waals surface area contributed by atoms with Crippen molar-refractivity contribution in [3.63, 3.8) is 0 Å². The third-order valence-electron chi connectivity index (χ3n) is 2.59. The molecule has 0 heterocycles. The first-order valence-electron chi connectivity index (χ1n) is 5.12. The number of nitrogens with zero attached hydrogens (tertiary/aromatic N) is 1. The van der Waals surface area contributed by atoms with Gasteiger partial charge < -0.3 is 5.11 Å². The van der Waals surface area contributed by atoms with Crippen molar-refractivity contribution in [2.45, 2.75) is 4.87 Å². The molecule has 0 radical (unpaired) electrons. The molecule has 2 aromatic carbocycles. The molecule has 84 valence electrons. The standard InChI is InChI=1S/C14H10ClNO/c15-14(10-16,11-4-2-1-3-5-11)12-6-8-13(17)9-7-12/h1-9,17H. The minimum Gasteiger partial charge on any atom is -0.508 e. The van der Waals surface area contributed by atoms with Crippen LogP contribution in [0.3, 0.4) is 0 Å². The van der Waals surface area contributed by atoms with Crippen LogP contribution >= 0.6 is 11.6 Å². The van der Waals surface area contributed by atoms with Crippen molar-refractivity contribution in [3.8, 4) is 11.8 Å². The molecule has 3 heteroatoms. The molecule has 0 aliphatic carbocycles. The van der Waals surface area contributed by atoms with E-state index in [1.54, 1.807) is 12.1 Å². The third-order valence-corrected chi connectivity index (χ3v) is 3.11. The lowest BCUT2D eigenvalue weighted by Crippen LogP contribution is -2.17. The smallest absolute Gasteiger partial charge is 0.180 e. The zero-order chi connectivity index (χ0) is 12.3. The molecule has 0 spiro atoms. The first kappa shape index (κ1) is 11.5. The van der Waals surface area contributed by atoms with E-state index >= 15 is 0 Å². The highest BCUT2D eigenvalue weighted by Gasteiger charge is 2.31. The number of hydrogen-bond acceptors (Lipinski definition) is 2. The van der Waals surface area contributed by atoms with E-state index in [2.05, 4.69) is 6.07 Å². The summed E-state index contributed by atoms with van der Waals surface area (Å²) in [5, 5.41) is 18.6. The lowest BCUT2D eigenvalue weighted by Gasteiger charge is -2.20. The summed E-state index contributed by atoms with van der Waals surface area (Å²) in [6, 6.07) is 17.6. The Morgan fingerprint density at radius 2 is 1.47 bits per heavy atom. The molecule has 2 rings (SSSR count). The topological polar surface area (TPSA) is 44.0 Å². The summed E-state index contributed by atoms with van der Waals surface area (Å²) >= 11 is 6.38. The molecule has 1 atom stereocenters. The Morgan fingerprint density at radius 1 is 0.941 bits per heavy atom. The Bertz CT molecular complexity index is 545. The molecular weight excluding hydrogens is 234 g/mol. The van der Waals surface area contributed by atoms with E-state index in [9.17, 15) is 10.4 Å². The molecule has 0 bridgehead atoms. The lowest BCUT2D eigenvalue weighted by atomic mass is 9.92. The van der Waals surface area contributed by atoms with Gasteiger partial charge in [0.2, 0.25) is 0 Å². The average molecular weight is 244 g/mol. The van der Waals surface area contributed by atoms with E-state index < -0.39 is 4.87 Å².